The quantitative estimate of drug-likeness (QED) is 0.350. The maximum atomic E-state index is 12.3. The molecule has 0 aromatic heterocycles. The molecule has 0 aliphatic heterocycles. The first-order valence-corrected chi connectivity index (χ1v) is 11.2. The van der Waals surface area contributed by atoms with Crippen molar-refractivity contribution in [1.82, 2.24) is 16.2 Å². The van der Waals surface area contributed by atoms with Gasteiger partial charge in [0.15, 0.2) is 11.7 Å². The van der Waals surface area contributed by atoms with Crippen molar-refractivity contribution in [2.45, 2.75) is 26.2 Å². The molecule has 0 aliphatic carbocycles. The van der Waals surface area contributed by atoms with Crippen molar-refractivity contribution in [3.63, 3.8) is 0 Å². The van der Waals surface area contributed by atoms with Crippen LogP contribution < -0.4 is 20.9 Å². The summed E-state index contributed by atoms with van der Waals surface area (Å²) in [5, 5.41) is 4.48. The molecule has 0 saturated carbocycles. The summed E-state index contributed by atoms with van der Waals surface area (Å²) in [7, 11) is 0. The Morgan fingerprint density at radius 3 is 2.34 bits per heavy atom. The summed E-state index contributed by atoms with van der Waals surface area (Å²) in [4.78, 5) is 24.4. The number of ether oxygens (including phenoxy) is 1. The molecule has 0 unspecified atom stereocenters. The van der Waals surface area contributed by atoms with E-state index in [2.05, 4.69) is 52.9 Å². The van der Waals surface area contributed by atoms with Gasteiger partial charge in [-0.05, 0) is 68.1 Å². The van der Waals surface area contributed by atoms with E-state index in [-0.39, 0.29) is 23.0 Å². The number of halogens is 1. The van der Waals surface area contributed by atoms with Crippen molar-refractivity contribution in [3.05, 3.63) is 76.3 Å². The first-order valence-electron chi connectivity index (χ1n) is 9.96. The second kappa shape index (κ2) is 10.1. The molecule has 0 spiro atoms. The molecule has 0 bridgehead atoms. The third-order valence-corrected chi connectivity index (χ3v) is 5.76. The molecule has 0 saturated heterocycles. The maximum Gasteiger partial charge on any atom is 0.269 e. The van der Waals surface area contributed by atoms with E-state index in [0.29, 0.717) is 11.3 Å². The minimum Gasteiger partial charge on any atom is -0.483 e. The zero-order valence-corrected chi connectivity index (χ0v) is 20.4. The molecule has 2 amide bonds. The lowest BCUT2D eigenvalue weighted by molar-refractivity contribution is -0.121. The summed E-state index contributed by atoms with van der Waals surface area (Å²) >= 11 is 8.58. The Morgan fingerprint density at radius 1 is 0.969 bits per heavy atom. The van der Waals surface area contributed by atoms with Crippen LogP contribution in [0.4, 0.5) is 0 Å². The smallest absolute Gasteiger partial charge is 0.269 e. The molecule has 6 nitrogen and oxygen atoms in total. The standard InChI is InChI=1S/C24H24BrN3O3S/c1-24(2,3)17-11-8-16(9-12-17)22(30)27-28-23(32)26-20(29)14-31-19-13-10-15-6-4-5-7-18(15)21(19)25/h4-13H,14H2,1-3H3,(H,27,30)(H2,26,28,29,32). The van der Waals surface area contributed by atoms with Gasteiger partial charge in [-0.25, -0.2) is 0 Å². The van der Waals surface area contributed by atoms with Crippen LogP contribution in [-0.4, -0.2) is 23.5 Å². The van der Waals surface area contributed by atoms with Gasteiger partial charge in [0.2, 0.25) is 0 Å². The average Bonchev–Trinajstić information content (AvgIpc) is 2.76. The molecule has 0 heterocycles. The Labute approximate surface area is 200 Å². The van der Waals surface area contributed by atoms with Gasteiger partial charge in [-0.2, -0.15) is 0 Å². The summed E-state index contributed by atoms with van der Waals surface area (Å²) < 4.78 is 6.38. The Bertz CT molecular complexity index is 1160. The van der Waals surface area contributed by atoms with E-state index in [1.54, 1.807) is 18.2 Å². The molecule has 3 N–H and O–H groups in total. The molecule has 3 rings (SSSR count). The van der Waals surface area contributed by atoms with Gasteiger partial charge in [-0.1, -0.05) is 63.2 Å². The predicted molar refractivity (Wildman–Crippen MR) is 134 cm³/mol. The van der Waals surface area contributed by atoms with Crippen LogP contribution in [0.2, 0.25) is 0 Å². The molecule has 0 atom stereocenters. The maximum absolute atomic E-state index is 12.3. The van der Waals surface area contributed by atoms with Gasteiger partial charge in [-0.3, -0.25) is 25.8 Å². The highest BCUT2D eigenvalue weighted by Gasteiger charge is 2.15. The zero-order chi connectivity index (χ0) is 23.3. The van der Waals surface area contributed by atoms with Gasteiger partial charge in [0.1, 0.15) is 5.75 Å². The molecule has 32 heavy (non-hydrogen) atoms. The van der Waals surface area contributed by atoms with Crippen LogP contribution in [0, 0.1) is 0 Å². The molecule has 3 aromatic rings. The first kappa shape index (κ1) is 23.7. The van der Waals surface area contributed by atoms with E-state index in [9.17, 15) is 9.59 Å². The number of fused-ring (bicyclic) bond motifs is 1. The Morgan fingerprint density at radius 2 is 1.66 bits per heavy atom. The number of benzene rings is 3. The first-order chi connectivity index (χ1) is 15.1. The number of thiocarbonyl (C=S) groups is 1. The fourth-order valence-corrected chi connectivity index (χ4v) is 3.74. The summed E-state index contributed by atoms with van der Waals surface area (Å²) in [6, 6.07) is 18.9. The molecule has 3 aromatic carbocycles. The molecular formula is C24H24BrN3O3S. The fraction of sp³-hybridized carbons (Fsp3) is 0.208. The van der Waals surface area contributed by atoms with Crippen LogP contribution in [0.5, 0.6) is 5.75 Å². The van der Waals surface area contributed by atoms with Gasteiger partial charge in [0, 0.05) is 5.56 Å². The number of rotatable bonds is 4. The molecule has 0 aliphatic rings. The van der Waals surface area contributed by atoms with Crippen LogP contribution in [0.3, 0.4) is 0 Å². The highest BCUT2D eigenvalue weighted by molar-refractivity contribution is 9.10. The summed E-state index contributed by atoms with van der Waals surface area (Å²) in [6.07, 6.45) is 0. The monoisotopic (exact) mass is 513 g/mol. The van der Waals surface area contributed by atoms with Crippen molar-refractivity contribution in [2.24, 2.45) is 0 Å². The topological polar surface area (TPSA) is 79.5 Å². The van der Waals surface area contributed by atoms with E-state index in [0.717, 1.165) is 20.8 Å². The molecule has 166 valence electrons. The van der Waals surface area contributed by atoms with E-state index in [4.69, 9.17) is 17.0 Å². The van der Waals surface area contributed by atoms with Gasteiger partial charge in [-0.15, -0.1) is 0 Å². The van der Waals surface area contributed by atoms with Crippen LogP contribution >= 0.6 is 28.1 Å². The predicted octanol–water partition coefficient (Wildman–Crippen LogP) is 4.61. The second-order valence-electron chi connectivity index (χ2n) is 8.17. The summed E-state index contributed by atoms with van der Waals surface area (Å²) in [5.74, 6) is -0.269. The van der Waals surface area contributed by atoms with Crippen molar-refractivity contribution >= 4 is 55.8 Å². The largest absolute Gasteiger partial charge is 0.483 e. The minimum atomic E-state index is -0.452. The van der Waals surface area contributed by atoms with Crippen LogP contribution in [0.15, 0.2) is 65.1 Å². The third-order valence-electron chi connectivity index (χ3n) is 4.74. The number of amides is 2. The molecular weight excluding hydrogens is 490 g/mol. The van der Waals surface area contributed by atoms with Gasteiger partial charge < -0.3 is 4.74 Å². The van der Waals surface area contributed by atoms with Crippen molar-refractivity contribution in [2.75, 3.05) is 6.61 Å². The Kier molecular flexibility index (Phi) is 7.48. The van der Waals surface area contributed by atoms with Gasteiger partial charge in [0.25, 0.3) is 11.8 Å². The number of carbonyl (C=O) groups is 2. The van der Waals surface area contributed by atoms with Crippen LogP contribution in [0.25, 0.3) is 10.8 Å². The van der Waals surface area contributed by atoms with Crippen molar-refractivity contribution in [1.29, 1.82) is 0 Å². The lowest BCUT2D eigenvalue weighted by Crippen LogP contribution is -2.49. The highest BCUT2D eigenvalue weighted by Crippen LogP contribution is 2.32. The normalized spacial score (nSPS) is 11.0. The lowest BCUT2D eigenvalue weighted by atomic mass is 9.87. The SMILES string of the molecule is CC(C)(C)c1ccc(C(=O)NNC(=S)NC(=O)COc2ccc3ccccc3c2Br)cc1. The Balaban J connectivity index is 1.47. The van der Waals surface area contributed by atoms with Gasteiger partial charge in [0.05, 0.1) is 4.47 Å². The number of hydrogen-bond acceptors (Lipinski definition) is 4. The second-order valence-corrected chi connectivity index (χ2v) is 9.37. The van der Waals surface area contributed by atoms with E-state index < -0.39 is 5.91 Å². The van der Waals surface area contributed by atoms with Crippen molar-refractivity contribution < 1.29 is 14.3 Å². The lowest BCUT2D eigenvalue weighted by Gasteiger charge is -2.19. The molecule has 8 heteroatoms. The average molecular weight is 514 g/mol. The van der Waals surface area contributed by atoms with Gasteiger partial charge >= 0.3 is 0 Å². The molecule has 0 radical (unpaired) electrons. The highest BCUT2D eigenvalue weighted by atomic mass is 79.9. The van der Waals surface area contributed by atoms with Crippen LogP contribution in [-0.2, 0) is 10.2 Å². The summed E-state index contributed by atoms with van der Waals surface area (Å²) in [5.41, 5.74) is 6.60. The van der Waals surface area contributed by atoms with E-state index in [1.165, 1.54) is 0 Å². The summed E-state index contributed by atoms with van der Waals surface area (Å²) in [6.45, 7) is 6.08. The third kappa shape index (κ3) is 6.05. The number of nitrogens with one attached hydrogen (secondary N) is 3. The molecule has 0 fully saturated rings. The Hall–Kier alpha value is -2.97. The van der Waals surface area contributed by atoms with E-state index in [1.807, 2.05) is 42.5 Å². The fourth-order valence-electron chi connectivity index (χ4n) is 2.97. The minimum absolute atomic E-state index is 0.00358. The number of hydrazine groups is 1. The van der Waals surface area contributed by atoms with Crippen molar-refractivity contribution in [3.8, 4) is 5.75 Å². The zero-order valence-electron chi connectivity index (χ0n) is 18.0. The van der Waals surface area contributed by atoms with E-state index >= 15 is 0 Å². The number of hydrogen-bond donors (Lipinski definition) is 3. The number of carbonyl (C=O) groups excluding carboxylic acids is 2. The van der Waals surface area contributed by atoms with Crippen LogP contribution in [0.1, 0.15) is 36.7 Å².